The molecule has 16 heavy (non-hydrogen) atoms. The number of primary amides is 2. The second-order valence-electron chi connectivity index (χ2n) is 3.07. The summed E-state index contributed by atoms with van der Waals surface area (Å²) < 4.78 is 12.9. The monoisotopic (exact) mass is 290 g/mol. The van der Waals surface area contributed by atoms with Crippen LogP contribution in [0.2, 0.25) is 0 Å². The van der Waals surface area contributed by atoms with Crippen molar-refractivity contribution in [3.05, 3.63) is 34.1 Å². The van der Waals surface area contributed by atoms with Crippen LogP contribution < -0.4 is 11.5 Å². The van der Waals surface area contributed by atoms with Crippen molar-refractivity contribution in [2.24, 2.45) is 11.5 Å². The second kappa shape index (κ2) is 4.18. The van der Waals surface area contributed by atoms with Crippen molar-refractivity contribution in [3.8, 4) is 0 Å². The Bertz CT molecular complexity index is 450. The summed E-state index contributed by atoms with van der Waals surface area (Å²) in [6.07, 6.45) is 0. The number of aliphatic hydroxyl groups is 1. The largest absolute Gasteiger partial charge is 0.368 e. The van der Waals surface area contributed by atoms with E-state index in [4.69, 9.17) is 11.5 Å². The predicted octanol–water partition coefficient (Wildman–Crippen LogP) is -0.254. The van der Waals surface area contributed by atoms with Gasteiger partial charge in [-0.1, -0.05) is 6.07 Å². The highest BCUT2D eigenvalue weighted by Gasteiger charge is 2.42. The summed E-state index contributed by atoms with van der Waals surface area (Å²) in [5, 5.41) is 9.76. The smallest absolute Gasteiger partial charge is 0.264 e. The summed E-state index contributed by atoms with van der Waals surface area (Å²) in [5.74, 6) is -3.25. The lowest BCUT2D eigenvalue weighted by Gasteiger charge is -2.21. The van der Waals surface area contributed by atoms with E-state index in [9.17, 15) is 19.1 Å². The van der Waals surface area contributed by atoms with Gasteiger partial charge in [-0.2, -0.15) is 0 Å². The number of amides is 2. The zero-order valence-corrected chi connectivity index (χ0v) is 9.49. The molecule has 0 saturated heterocycles. The molecule has 5 nitrogen and oxygen atoms in total. The predicted molar refractivity (Wildman–Crippen MR) is 56.4 cm³/mol. The Morgan fingerprint density at radius 3 is 2.19 bits per heavy atom. The SMILES string of the molecule is NC(=O)C(O)(C(N)=O)c1ccc(F)c(Br)c1. The number of benzene rings is 1. The number of hydrogen-bond donors (Lipinski definition) is 3. The van der Waals surface area contributed by atoms with Crippen molar-refractivity contribution in [2.45, 2.75) is 5.60 Å². The Labute approximate surface area is 98.4 Å². The van der Waals surface area contributed by atoms with E-state index < -0.39 is 23.2 Å². The molecule has 0 saturated carbocycles. The molecule has 0 aromatic heterocycles. The fourth-order valence-electron chi connectivity index (χ4n) is 1.13. The summed E-state index contributed by atoms with van der Waals surface area (Å²) in [4.78, 5) is 22.0. The van der Waals surface area contributed by atoms with Crippen LogP contribution >= 0.6 is 15.9 Å². The minimum absolute atomic E-state index is 0.0223. The number of carbonyl (C=O) groups is 2. The number of halogens is 2. The van der Waals surface area contributed by atoms with E-state index in [0.717, 1.165) is 18.2 Å². The minimum Gasteiger partial charge on any atom is -0.368 e. The fourth-order valence-corrected chi connectivity index (χ4v) is 1.51. The third-order valence-corrected chi connectivity index (χ3v) is 2.66. The van der Waals surface area contributed by atoms with Gasteiger partial charge in [0.15, 0.2) is 0 Å². The van der Waals surface area contributed by atoms with Gasteiger partial charge in [0, 0.05) is 5.56 Å². The summed E-state index contributed by atoms with van der Waals surface area (Å²) in [7, 11) is 0. The third-order valence-electron chi connectivity index (χ3n) is 2.05. The maximum atomic E-state index is 12.9. The van der Waals surface area contributed by atoms with Crippen LogP contribution in [-0.4, -0.2) is 16.9 Å². The van der Waals surface area contributed by atoms with Gasteiger partial charge in [0.25, 0.3) is 11.8 Å². The molecular formula is C9H8BrFN2O3. The van der Waals surface area contributed by atoms with Crippen LogP contribution in [0.3, 0.4) is 0 Å². The first-order valence-corrected chi connectivity index (χ1v) is 4.87. The molecule has 0 atom stereocenters. The van der Waals surface area contributed by atoms with E-state index in [1.54, 1.807) is 0 Å². The van der Waals surface area contributed by atoms with Gasteiger partial charge in [-0.25, -0.2) is 4.39 Å². The van der Waals surface area contributed by atoms with Crippen molar-refractivity contribution in [1.82, 2.24) is 0 Å². The standard InChI is InChI=1S/C9H8BrFN2O3/c10-5-3-4(1-2-6(5)11)9(16,7(12)14)8(13)15/h1-3,16H,(H2,12,14)(H2,13,15). The third kappa shape index (κ3) is 1.91. The highest BCUT2D eigenvalue weighted by molar-refractivity contribution is 9.10. The molecule has 5 N–H and O–H groups in total. The first-order valence-electron chi connectivity index (χ1n) is 4.08. The van der Waals surface area contributed by atoms with E-state index in [1.807, 2.05) is 0 Å². The van der Waals surface area contributed by atoms with Gasteiger partial charge in [0.05, 0.1) is 4.47 Å². The first kappa shape index (κ1) is 12.6. The molecule has 7 heteroatoms. The van der Waals surface area contributed by atoms with Crippen LogP contribution in [-0.2, 0) is 15.2 Å². The molecule has 2 amide bonds. The van der Waals surface area contributed by atoms with E-state index in [1.165, 1.54) is 0 Å². The zero-order valence-electron chi connectivity index (χ0n) is 7.91. The van der Waals surface area contributed by atoms with Gasteiger partial charge in [0.2, 0.25) is 5.60 Å². The molecule has 86 valence electrons. The number of nitrogens with two attached hydrogens (primary N) is 2. The molecule has 0 unspecified atom stereocenters. The molecule has 1 rings (SSSR count). The van der Waals surface area contributed by atoms with Crippen molar-refractivity contribution in [3.63, 3.8) is 0 Å². The first-order chi connectivity index (χ1) is 7.30. The minimum atomic E-state index is -2.64. The molecular weight excluding hydrogens is 283 g/mol. The lowest BCUT2D eigenvalue weighted by molar-refractivity contribution is -0.150. The quantitative estimate of drug-likeness (QED) is 0.668. The molecule has 1 aromatic carbocycles. The number of rotatable bonds is 3. The van der Waals surface area contributed by atoms with Gasteiger partial charge in [-0.3, -0.25) is 9.59 Å². The van der Waals surface area contributed by atoms with Crippen molar-refractivity contribution >= 4 is 27.7 Å². The Morgan fingerprint density at radius 1 is 1.31 bits per heavy atom. The Morgan fingerprint density at radius 2 is 1.81 bits per heavy atom. The van der Waals surface area contributed by atoms with Crippen LogP contribution in [0.1, 0.15) is 5.56 Å². The molecule has 0 radical (unpaired) electrons. The van der Waals surface area contributed by atoms with Crippen molar-refractivity contribution < 1.29 is 19.1 Å². The second-order valence-corrected chi connectivity index (χ2v) is 3.92. The van der Waals surface area contributed by atoms with Gasteiger partial charge in [-0.15, -0.1) is 0 Å². The molecule has 0 aliphatic carbocycles. The van der Waals surface area contributed by atoms with Crippen LogP contribution in [0.5, 0.6) is 0 Å². The normalized spacial score (nSPS) is 11.2. The van der Waals surface area contributed by atoms with Crippen LogP contribution in [0.15, 0.2) is 22.7 Å². The molecule has 0 aliphatic heterocycles. The average Bonchev–Trinajstić information content (AvgIpc) is 2.20. The lowest BCUT2D eigenvalue weighted by Crippen LogP contribution is -2.51. The van der Waals surface area contributed by atoms with E-state index in [0.29, 0.717) is 0 Å². The fraction of sp³-hybridized carbons (Fsp3) is 0.111. The van der Waals surface area contributed by atoms with Crippen LogP contribution in [0.25, 0.3) is 0 Å². The van der Waals surface area contributed by atoms with Gasteiger partial charge in [0.1, 0.15) is 5.82 Å². The van der Waals surface area contributed by atoms with Crippen molar-refractivity contribution in [2.75, 3.05) is 0 Å². The van der Waals surface area contributed by atoms with Crippen LogP contribution in [0.4, 0.5) is 4.39 Å². The zero-order chi connectivity index (χ0) is 12.5. The van der Waals surface area contributed by atoms with E-state index >= 15 is 0 Å². The molecule has 0 aliphatic rings. The van der Waals surface area contributed by atoms with Gasteiger partial charge in [-0.05, 0) is 28.1 Å². The summed E-state index contributed by atoms with van der Waals surface area (Å²) in [5.41, 5.74) is 6.95. The average molecular weight is 291 g/mol. The Hall–Kier alpha value is -1.47. The van der Waals surface area contributed by atoms with Gasteiger partial charge < -0.3 is 16.6 Å². The van der Waals surface area contributed by atoms with Gasteiger partial charge >= 0.3 is 0 Å². The molecule has 1 aromatic rings. The highest BCUT2D eigenvalue weighted by atomic mass is 79.9. The summed E-state index contributed by atoms with van der Waals surface area (Å²) in [6, 6.07) is 3.08. The maximum Gasteiger partial charge on any atom is 0.264 e. The highest BCUT2D eigenvalue weighted by Crippen LogP contribution is 2.25. The van der Waals surface area contributed by atoms with Crippen molar-refractivity contribution in [1.29, 1.82) is 0 Å². The summed E-state index contributed by atoms with van der Waals surface area (Å²) in [6.45, 7) is 0. The number of carbonyl (C=O) groups excluding carboxylic acids is 2. The number of hydrogen-bond acceptors (Lipinski definition) is 3. The topological polar surface area (TPSA) is 106 Å². The van der Waals surface area contributed by atoms with Crippen LogP contribution in [0, 0.1) is 5.82 Å². The Kier molecular flexibility index (Phi) is 3.30. The molecule has 0 fully saturated rings. The van der Waals surface area contributed by atoms with E-state index in [2.05, 4.69) is 15.9 Å². The Balaban J connectivity index is 3.39. The molecule has 0 bridgehead atoms. The molecule has 0 heterocycles. The molecule has 0 spiro atoms. The lowest BCUT2D eigenvalue weighted by atomic mass is 9.92. The summed E-state index contributed by atoms with van der Waals surface area (Å²) >= 11 is 2.85. The van der Waals surface area contributed by atoms with E-state index in [-0.39, 0.29) is 10.0 Å². The maximum absolute atomic E-state index is 12.9.